The maximum Gasteiger partial charge on any atom is 0.227 e. The van der Waals surface area contributed by atoms with E-state index in [0.29, 0.717) is 12.4 Å². The highest BCUT2D eigenvalue weighted by atomic mass is 32.1. The molecule has 3 aromatic heterocycles. The number of nitrogens with zero attached hydrogens (tertiary/aromatic N) is 4. The minimum Gasteiger partial charge on any atom is -0.394 e. The summed E-state index contributed by atoms with van der Waals surface area (Å²) in [5.41, 5.74) is 3.31. The molecule has 0 unspecified atom stereocenters. The molecule has 0 saturated heterocycles. The predicted octanol–water partition coefficient (Wildman–Crippen LogP) is 3.98. The van der Waals surface area contributed by atoms with Crippen LogP contribution in [0.4, 0.5) is 5.95 Å². The Morgan fingerprint density at radius 2 is 1.96 bits per heavy atom. The summed E-state index contributed by atoms with van der Waals surface area (Å²) in [4.78, 5) is 12.0. The number of benzene rings is 1. The van der Waals surface area contributed by atoms with Crippen molar-refractivity contribution in [3.63, 3.8) is 0 Å². The molecule has 3 heterocycles. The van der Waals surface area contributed by atoms with Crippen molar-refractivity contribution in [2.24, 2.45) is 0 Å². The number of aryl methyl sites for hydroxylation is 2. The molecule has 0 saturated carbocycles. The van der Waals surface area contributed by atoms with Gasteiger partial charge in [0.15, 0.2) is 11.5 Å². The van der Waals surface area contributed by atoms with Crippen LogP contribution in [0.1, 0.15) is 42.1 Å². The Morgan fingerprint density at radius 1 is 1.18 bits per heavy atom. The molecule has 0 fully saturated rings. The number of hydrogen-bond acceptors (Lipinski definition) is 6. The topological polar surface area (TPSA) is 75.3 Å². The standard InChI is InChI=1S/C21H25N5OS/c1-4-15(12-27)22-21-24-20-18(16(5-2)13(3)28-20)19-23-17(25-26(19)21)11-14-9-7-6-8-10-14/h6-10,15,27H,4-5,11-12H2,1-3H3,(H,22,24)/t15-/m1/s1. The van der Waals surface area contributed by atoms with Crippen molar-refractivity contribution in [1.82, 2.24) is 19.6 Å². The number of aliphatic hydroxyl groups excluding tert-OH is 1. The summed E-state index contributed by atoms with van der Waals surface area (Å²) in [7, 11) is 0. The molecule has 0 aliphatic rings. The zero-order valence-corrected chi connectivity index (χ0v) is 17.3. The smallest absolute Gasteiger partial charge is 0.227 e. The molecule has 6 nitrogen and oxygen atoms in total. The van der Waals surface area contributed by atoms with Gasteiger partial charge in [0.25, 0.3) is 0 Å². The minimum absolute atomic E-state index is 0.0486. The Balaban J connectivity index is 1.89. The van der Waals surface area contributed by atoms with Gasteiger partial charge in [0.05, 0.1) is 18.0 Å². The van der Waals surface area contributed by atoms with Crippen LogP contribution in [0.2, 0.25) is 0 Å². The average Bonchev–Trinajstić information content (AvgIpc) is 3.26. The second kappa shape index (κ2) is 7.85. The Hall–Kier alpha value is -2.51. The number of aliphatic hydroxyl groups is 1. The molecule has 146 valence electrons. The fraction of sp³-hybridized carbons (Fsp3) is 0.381. The van der Waals surface area contributed by atoms with E-state index in [1.54, 1.807) is 11.3 Å². The van der Waals surface area contributed by atoms with Crippen LogP contribution in [0.3, 0.4) is 0 Å². The first-order valence-electron chi connectivity index (χ1n) is 9.73. The molecule has 1 atom stereocenters. The third kappa shape index (κ3) is 3.36. The largest absolute Gasteiger partial charge is 0.394 e. The first-order valence-corrected chi connectivity index (χ1v) is 10.5. The summed E-state index contributed by atoms with van der Waals surface area (Å²) >= 11 is 1.69. The maximum atomic E-state index is 9.63. The lowest BCUT2D eigenvalue weighted by Crippen LogP contribution is -2.25. The molecule has 4 aromatic rings. The van der Waals surface area contributed by atoms with Crippen LogP contribution in [-0.2, 0) is 12.8 Å². The molecule has 2 N–H and O–H groups in total. The van der Waals surface area contributed by atoms with Gasteiger partial charge < -0.3 is 10.4 Å². The first-order chi connectivity index (χ1) is 13.6. The van der Waals surface area contributed by atoms with E-state index in [0.717, 1.165) is 34.5 Å². The summed E-state index contributed by atoms with van der Waals surface area (Å²) < 4.78 is 1.81. The number of nitrogens with one attached hydrogen (secondary N) is 1. The van der Waals surface area contributed by atoms with Gasteiger partial charge in [-0.15, -0.1) is 16.4 Å². The fourth-order valence-electron chi connectivity index (χ4n) is 3.51. The lowest BCUT2D eigenvalue weighted by Gasteiger charge is -2.15. The van der Waals surface area contributed by atoms with Crippen LogP contribution in [-0.4, -0.2) is 37.3 Å². The summed E-state index contributed by atoms with van der Waals surface area (Å²) in [6, 6.07) is 10.2. The van der Waals surface area contributed by atoms with Crippen LogP contribution in [0.5, 0.6) is 0 Å². The van der Waals surface area contributed by atoms with E-state index in [1.165, 1.54) is 16.0 Å². The summed E-state index contributed by atoms with van der Waals surface area (Å²) in [6.07, 6.45) is 2.41. The van der Waals surface area contributed by atoms with Crippen LogP contribution >= 0.6 is 11.3 Å². The van der Waals surface area contributed by atoms with E-state index in [9.17, 15) is 5.11 Å². The molecular formula is C21H25N5OS. The van der Waals surface area contributed by atoms with Crippen LogP contribution in [0.25, 0.3) is 15.9 Å². The second-order valence-electron chi connectivity index (χ2n) is 6.96. The van der Waals surface area contributed by atoms with Crippen molar-refractivity contribution < 1.29 is 5.11 Å². The van der Waals surface area contributed by atoms with Crippen LogP contribution < -0.4 is 5.32 Å². The van der Waals surface area contributed by atoms with Crippen molar-refractivity contribution in [1.29, 1.82) is 0 Å². The molecule has 28 heavy (non-hydrogen) atoms. The molecule has 0 bridgehead atoms. The van der Waals surface area contributed by atoms with Gasteiger partial charge in [0.1, 0.15) is 4.83 Å². The fourth-order valence-corrected chi connectivity index (χ4v) is 4.62. The lowest BCUT2D eigenvalue weighted by molar-refractivity contribution is 0.271. The van der Waals surface area contributed by atoms with Crippen LogP contribution in [0.15, 0.2) is 30.3 Å². The van der Waals surface area contributed by atoms with Gasteiger partial charge in [-0.3, -0.25) is 0 Å². The summed E-state index contributed by atoms with van der Waals surface area (Å²) in [6.45, 7) is 6.39. The maximum absolute atomic E-state index is 9.63. The average molecular weight is 396 g/mol. The zero-order valence-electron chi connectivity index (χ0n) is 16.4. The number of anilines is 1. The van der Waals surface area contributed by atoms with Gasteiger partial charge in [-0.05, 0) is 30.9 Å². The molecule has 0 spiro atoms. The number of hydrogen-bond donors (Lipinski definition) is 2. The quantitative estimate of drug-likeness (QED) is 0.495. The SMILES string of the molecule is CCc1c(C)sc2nc(N[C@H](CC)CO)n3nc(Cc4ccccc4)nc3c12. The van der Waals surface area contributed by atoms with Gasteiger partial charge in [-0.25, -0.2) is 9.97 Å². The third-order valence-corrected chi connectivity index (χ3v) is 6.12. The molecule has 1 aromatic carbocycles. The molecule has 0 aliphatic heterocycles. The van der Waals surface area contributed by atoms with E-state index in [4.69, 9.17) is 15.1 Å². The highest BCUT2D eigenvalue weighted by Crippen LogP contribution is 2.34. The van der Waals surface area contributed by atoms with Crippen molar-refractivity contribution in [2.75, 3.05) is 11.9 Å². The van der Waals surface area contributed by atoms with Gasteiger partial charge >= 0.3 is 0 Å². The van der Waals surface area contributed by atoms with E-state index in [2.05, 4.69) is 31.3 Å². The van der Waals surface area contributed by atoms with E-state index in [-0.39, 0.29) is 12.6 Å². The third-order valence-electron chi connectivity index (χ3n) is 5.08. The van der Waals surface area contributed by atoms with Crippen LogP contribution in [0, 0.1) is 6.92 Å². The summed E-state index contributed by atoms with van der Waals surface area (Å²) in [5.74, 6) is 1.41. The molecular weight excluding hydrogens is 370 g/mol. The molecule has 0 radical (unpaired) electrons. The Morgan fingerprint density at radius 3 is 2.64 bits per heavy atom. The van der Waals surface area contributed by atoms with Crippen molar-refractivity contribution in [2.45, 2.75) is 46.1 Å². The van der Waals surface area contributed by atoms with E-state index in [1.807, 2.05) is 29.6 Å². The van der Waals surface area contributed by atoms with Gasteiger partial charge in [0, 0.05) is 11.3 Å². The van der Waals surface area contributed by atoms with E-state index >= 15 is 0 Å². The Kier molecular flexibility index (Phi) is 5.28. The monoisotopic (exact) mass is 395 g/mol. The number of rotatable bonds is 7. The highest BCUT2D eigenvalue weighted by molar-refractivity contribution is 7.18. The highest BCUT2D eigenvalue weighted by Gasteiger charge is 2.20. The second-order valence-corrected chi connectivity index (χ2v) is 8.17. The van der Waals surface area contributed by atoms with Crippen molar-refractivity contribution in [3.05, 3.63) is 52.2 Å². The lowest BCUT2D eigenvalue weighted by atomic mass is 10.1. The zero-order chi connectivity index (χ0) is 19.7. The molecule has 7 heteroatoms. The van der Waals surface area contributed by atoms with Crippen molar-refractivity contribution >= 4 is 33.1 Å². The molecule has 0 amide bonds. The van der Waals surface area contributed by atoms with Gasteiger partial charge in [-0.2, -0.15) is 4.52 Å². The number of aromatic nitrogens is 4. The number of thiophene rings is 1. The van der Waals surface area contributed by atoms with Gasteiger partial charge in [0.2, 0.25) is 5.95 Å². The molecule has 0 aliphatic carbocycles. The number of fused-ring (bicyclic) bond motifs is 3. The Bertz CT molecular complexity index is 1100. The minimum atomic E-state index is -0.0679. The van der Waals surface area contributed by atoms with Crippen molar-refractivity contribution in [3.8, 4) is 0 Å². The Labute approximate surface area is 168 Å². The first kappa shape index (κ1) is 18.8. The predicted molar refractivity (Wildman–Crippen MR) is 114 cm³/mol. The molecule has 4 rings (SSSR count). The normalized spacial score (nSPS) is 12.7. The summed E-state index contributed by atoms with van der Waals surface area (Å²) in [5, 5.41) is 18.8. The van der Waals surface area contributed by atoms with Gasteiger partial charge in [-0.1, -0.05) is 44.2 Å². The van der Waals surface area contributed by atoms with E-state index < -0.39 is 0 Å².